The molecule has 0 aliphatic carbocycles. The van der Waals surface area contributed by atoms with Crippen LogP contribution in [0.3, 0.4) is 0 Å². The van der Waals surface area contributed by atoms with E-state index < -0.39 is 4.92 Å². The number of likely N-dealkylation sites (N-methyl/N-ethyl adjacent to an activating group) is 1. The first-order chi connectivity index (χ1) is 12.5. The van der Waals surface area contributed by atoms with Crippen LogP contribution in [0, 0.1) is 10.1 Å². The van der Waals surface area contributed by atoms with E-state index in [9.17, 15) is 14.9 Å². The van der Waals surface area contributed by atoms with E-state index in [4.69, 9.17) is 0 Å². The summed E-state index contributed by atoms with van der Waals surface area (Å²) in [5.41, 5.74) is 1.40. The SMILES string of the molecule is C[NH+]1CCN(C(=O)c2ccc(SCc3ccncc3)c([N+](=O)[O-])c2)CC1. The highest BCUT2D eigenvalue weighted by Crippen LogP contribution is 2.32. The van der Waals surface area contributed by atoms with Crippen molar-refractivity contribution in [2.45, 2.75) is 10.6 Å². The lowest BCUT2D eigenvalue weighted by Crippen LogP contribution is -3.12. The van der Waals surface area contributed by atoms with E-state index in [0.717, 1.165) is 18.7 Å². The fourth-order valence-electron chi connectivity index (χ4n) is 2.83. The van der Waals surface area contributed by atoms with Gasteiger partial charge in [-0.15, -0.1) is 11.8 Å². The fourth-order valence-corrected chi connectivity index (χ4v) is 3.79. The number of amides is 1. The number of hydrogen-bond donors (Lipinski definition) is 1. The molecule has 0 radical (unpaired) electrons. The van der Waals surface area contributed by atoms with E-state index in [-0.39, 0.29) is 11.6 Å². The lowest BCUT2D eigenvalue weighted by Gasteiger charge is -2.30. The van der Waals surface area contributed by atoms with Gasteiger partial charge in [0.05, 0.1) is 43.0 Å². The minimum absolute atomic E-state index is 0.0188. The molecule has 0 bridgehead atoms. The average Bonchev–Trinajstić information content (AvgIpc) is 2.67. The number of thioether (sulfide) groups is 1. The van der Waals surface area contributed by atoms with E-state index in [1.807, 2.05) is 12.1 Å². The Morgan fingerprint density at radius 1 is 1.27 bits per heavy atom. The van der Waals surface area contributed by atoms with Gasteiger partial charge in [-0.25, -0.2) is 0 Å². The number of aromatic nitrogens is 1. The summed E-state index contributed by atoms with van der Waals surface area (Å²) in [7, 11) is 2.10. The van der Waals surface area contributed by atoms with Crippen molar-refractivity contribution in [3.8, 4) is 0 Å². The van der Waals surface area contributed by atoms with Crippen LogP contribution in [0.5, 0.6) is 0 Å². The third-order valence-electron chi connectivity index (χ3n) is 4.45. The molecule has 0 saturated carbocycles. The van der Waals surface area contributed by atoms with Gasteiger partial charge in [0.25, 0.3) is 11.6 Å². The molecule has 2 aromatic rings. The van der Waals surface area contributed by atoms with Gasteiger partial charge < -0.3 is 9.80 Å². The van der Waals surface area contributed by atoms with Crippen LogP contribution in [-0.4, -0.2) is 53.9 Å². The molecule has 1 saturated heterocycles. The Kier molecular flexibility index (Phi) is 5.85. The number of carbonyl (C=O) groups is 1. The number of rotatable bonds is 5. The third-order valence-corrected chi connectivity index (χ3v) is 5.58. The molecule has 1 N–H and O–H groups in total. The summed E-state index contributed by atoms with van der Waals surface area (Å²) in [4.78, 5) is 31.4. The molecule has 2 heterocycles. The van der Waals surface area contributed by atoms with Crippen LogP contribution >= 0.6 is 11.8 Å². The topological polar surface area (TPSA) is 80.8 Å². The lowest BCUT2D eigenvalue weighted by molar-refractivity contribution is -0.883. The highest BCUT2D eigenvalue weighted by molar-refractivity contribution is 7.98. The monoisotopic (exact) mass is 373 g/mol. The smallest absolute Gasteiger partial charge is 0.283 e. The Morgan fingerprint density at radius 3 is 2.62 bits per heavy atom. The van der Waals surface area contributed by atoms with Gasteiger partial charge in [-0.3, -0.25) is 19.9 Å². The van der Waals surface area contributed by atoms with Crippen LogP contribution in [0.1, 0.15) is 15.9 Å². The minimum Gasteiger partial charge on any atom is -0.334 e. The summed E-state index contributed by atoms with van der Waals surface area (Å²) in [5, 5.41) is 11.5. The minimum atomic E-state index is -0.417. The summed E-state index contributed by atoms with van der Waals surface area (Å²) in [6, 6.07) is 8.54. The van der Waals surface area contributed by atoms with Gasteiger partial charge in [0.15, 0.2) is 0 Å². The van der Waals surface area contributed by atoms with Gasteiger partial charge in [0.1, 0.15) is 0 Å². The van der Waals surface area contributed by atoms with Crippen molar-refractivity contribution in [1.29, 1.82) is 0 Å². The maximum absolute atomic E-state index is 12.7. The molecule has 1 fully saturated rings. The quantitative estimate of drug-likeness (QED) is 0.485. The average molecular weight is 373 g/mol. The zero-order valence-electron chi connectivity index (χ0n) is 14.6. The standard InChI is InChI=1S/C18H20N4O3S/c1-20-8-10-21(11-9-20)18(23)15-2-3-17(16(12-15)22(24)25)26-13-14-4-6-19-7-5-14/h2-7,12H,8-11,13H2,1H3/p+1. The number of nitro groups is 1. The number of pyridine rings is 1. The molecule has 1 amide bonds. The number of piperazine rings is 1. The molecule has 8 heteroatoms. The lowest BCUT2D eigenvalue weighted by atomic mass is 10.1. The zero-order chi connectivity index (χ0) is 18.5. The number of carbonyl (C=O) groups excluding carboxylic acids is 1. The molecular weight excluding hydrogens is 352 g/mol. The highest BCUT2D eigenvalue weighted by Gasteiger charge is 2.25. The van der Waals surface area contributed by atoms with Crippen LogP contribution in [0.25, 0.3) is 0 Å². The first-order valence-corrected chi connectivity index (χ1v) is 9.44. The third kappa shape index (κ3) is 4.39. The second-order valence-electron chi connectivity index (χ2n) is 6.33. The predicted molar refractivity (Wildman–Crippen MR) is 99.4 cm³/mol. The Balaban J connectivity index is 1.76. The molecule has 1 aromatic carbocycles. The first kappa shape index (κ1) is 18.3. The fraction of sp³-hybridized carbons (Fsp3) is 0.333. The number of nitrogens with one attached hydrogen (secondary N) is 1. The number of benzene rings is 1. The van der Waals surface area contributed by atoms with Crippen molar-refractivity contribution in [3.05, 3.63) is 64.0 Å². The van der Waals surface area contributed by atoms with Crippen molar-refractivity contribution in [1.82, 2.24) is 9.88 Å². The van der Waals surface area contributed by atoms with E-state index in [0.29, 0.717) is 29.3 Å². The summed E-state index contributed by atoms with van der Waals surface area (Å²) >= 11 is 1.39. The molecule has 1 aliphatic heterocycles. The highest BCUT2D eigenvalue weighted by atomic mass is 32.2. The van der Waals surface area contributed by atoms with E-state index in [1.165, 1.54) is 22.7 Å². The van der Waals surface area contributed by atoms with Crippen LogP contribution in [0.15, 0.2) is 47.6 Å². The molecule has 0 unspecified atom stereocenters. The van der Waals surface area contributed by atoms with Gasteiger partial charge in [0.2, 0.25) is 0 Å². The van der Waals surface area contributed by atoms with Crippen LogP contribution in [-0.2, 0) is 5.75 Å². The van der Waals surface area contributed by atoms with Crippen LogP contribution in [0.4, 0.5) is 5.69 Å². The van der Waals surface area contributed by atoms with Crippen molar-refractivity contribution in [2.24, 2.45) is 0 Å². The van der Waals surface area contributed by atoms with Gasteiger partial charge in [-0.2, -0.15) is 0 Å². The predicted octanol–water partition coefficient (Wildman–Crippen LogP) is 1.25. The van der Waals surface area contributed by atoms with Gasteiger partial charge >= 0.3 is 0 Å². The van der Waals surface area contributed by atoms with Gasteiger partial charge in [-0.05, 0) is 29.8 Å². The summed E-state index contributed by atoms with van der Waals surface area (Å²) in [6.45, 7) is 3.15. The number of hydrogen-bond acceptors (Lipinski definition) is 5. The Hall–Kier alpha value is -2.45. The Bertz CT molecular complexity index is 792. The second kappa shape index (κ2) is 8.29. The maximum atomic E-state index is 12.7. The van der Waals surface area contributed by atoms with Crippen molar-refractivity contribution in [2.75, 3.05) is 33.2 Å². The van der Waals surface area contributed by atoms with Crippen molar-refractivity contribution in [3.63, 3.8) is 0 Å². The van der Waals surface area contributed by atoms with Crippen LogP contribution < -0.4 is 4.90 Å². The normalized spacial score (nSPS) is 15.0. The molecule has 3 rings (SSSR count). The van der Waals surface area contributed by atoms with Gasteiger partial charge in [-0.1, -0.05) is 0 Å². The van der Waals surface area contributed by atoms with E-state index in [1.54, 1.807) is 29.4 Å². The number of nitrogens with zero attached hydrogens (tertiary/aromatic N) is 3. The number of nitro benzene ring substituents is 1. The molecule has 136 valence electrons. The maximum Gasteiger partial charge on any atom is 0.283 e. The Labute approximate surface area is 156 Å². The van der Waals surface area contributed by atoms with Crippen LogP contribution in [0.2, 0.25) is 0 Å². The van der Waals surface area contributed by atoms with Gasteiger partial charge in [0, 0.05) is 29.8 Å². The largest absolute Gasteiger partial charge is 0.334 e. The van der Waals surface area contributed by atoms with Crippen molar-refractivity contribution < 1.29 is 14.6 Å². The molecular formula is C18H21N4O3S+. The van der Waals surface area contributed by atoms with E-state index >= 15 is 0 Å². The summed E-state index contributed by atoms with van der Waals surface area (Å²) < 4.78 is 0. The summed E-state index contributed by atoms with van der Waals surface area (Å²) in [5.74, 6) is 0.476. The summed E-state index contributed by atoms with van der Waals surface area (Å²) in [6.07, 6.45) is 3.40. The first-order valence-electron chi connectivity index (χ1n) is 8.45. The molecule has 0 spiro atoms. The van der Waals surface area contributed by atoms with Crippen molar-refractivity contribution >= 4 is 23.4 Å². The molecule has 26 heavy (non-hydrogen) atoms. The molecule has 7 nitrogen and oxygen atoms in total. The van der Waals surface area contributed by atoms with E-state index in [2.05, 4.69) is 12.0 Å². The Morgan fingerprint density at radius 2 is 1.96 bits per heavy atom. The molecule has 1 aromatic heterocycles. The molecule has 0 atom stereocenters. The second-order valence-corrected chi connectivity index (χ2v) is 7.35. The number of quaternary nitrogens is 1. The zero-order valence-corrected chi connectivity index (χ0v) is 15.4. The molecule has 1 aliphatic rings.